The van der Waals surface area contributed by atoms with Gasteiger partial charge in [-0.05, 0) is 50.7 Å². The molecule has 3 fully saturated rings. The first kappa shape index (κ1) is 16.6. The lowest BCUT2D eigenvalue weighted by molar-refractivity contribution is -0.136. The largest absolute Gasteiger partial charge is 0.342 e. The van der Waals surface area contributed by atoms with Gasteiger partial charge in [-0.1, -0.05) is 31.0 Å². The Morgan fingerprint density at radius 1 is 0.840 bits per heavy atom. The molecule has 3 aliphatic rings. The molecule has 0 unspecified atom stereocenters. The van der Waals surface area contributed by atoms with E-state index in [2.05, 4.69) is 17.0 Å². The second-order valence-corrected chi connectivity index (χ2v) is 7.86. The molecule has 4 nitrogen and oxygen atoms in total. The molecule has 25 heavy (non-hydrogen) atoms. The molecular formula is C21H28N2O2. The normalized spacial score (nSPS) is 22.2. The Bertz CT molecular complexity index is 612. The molecule has 0 N–H and O–H groups in total. The van der Waals surface area contributed by atoms with Gasteiger partial charge < -0.3 is 9.80 Å². The van der Waals surface area contributed by atoms with Crippen molar-refractivity contribution >= 4 is 17.5 Å². The SMILES string of the molecule is O=C(C1CC1)N1CCC(C(=O)N(c2ccccc2)C2CCCC2)CC1. The van der Waals surface area contributed by atoms with Gasteiger partial charge in [-0.2, -0.15) is 0 Å². The summed E-state index contributed by atoms with van der Waals surface area (Å²) >= 11 is 0. The van der Waals surface area contributed by atoms with E-state index in [0.29, 0.717) is 11.9 Å². The number of para-hydroxylation sites is 1. The molecule has 0 atom stereocenters. The molecule has 1 saturated heterocycles. The molecule has 134 valence electrons. The lowest BCUT2D eigenvalue weighted by atomic mass is 9.93. The Labute approximate surface area is 150 Å². The van der Waals surface area contributed by atoms with Gasteiger partial charge in [0, 0.05) is 36.7 Å². The molecule has 4 rings (SSSR count). The number of hydrogen-bond donors (Lipinski definition) is 0. The van der Waals surface area contributed by atoms with Gasteiger partial charge in [-0.3, -0.25) is 9.59 Å². The maximum absolute atomic E-state index is 13.3. The highest BCUT2D eigenvalue weighted by atomic mass is 16.2. The van der Waals surface area contributed by atoms with Crippen LogP contribution in [0.2, 0.25) is 0 Å². The molecule has 0 aromatic heterocycles. The second kappa shape index (κ2) is 7.19. The first-order valence-electron chi connectivity index (χ1n) is 9.91. The van der Waals surface area contributed by atoms with Gasteiger partial charge in [0.1, 0.15) is 0 Å². The van der Waals surface area contributed by atoms with Gasteiger partial charge in [0.05, 0.1) is 0 Å². The number of piperidine rings is 1. The zero-order valence-electron chi connectivity index (χ0n) is 14.9. The lowest BCUT2D eigenvalue weighted by Gasteiger charge is -2.36. The monoisotopic (exact) mass is 340 g/mol. The quantitative estimate of drug-likeness (QED) is 0.840. The third-order valence-corrected chi connectivity index (χ3v) is 6.04. The minimum absolute atomic E-state index is 0.0593. The first-order valence-corrected chi connectivity index (χ1v) is 9.91. The van der Waals surface area contributed by atoms with E-state index in [9.17, 15) is 9.59 Å². The molecule has 2 amide bonds. The van der Waals surface area contributed by atoms with Gasteiger partial charge >= 0.3 is 0 Å². The molecule has 0 radical (unpaired) electrons. The summed E-state index contributed by atoms with van der Waals surface area (Å²) in [5, 5.41) is 0. The van der Waals surface area contributed by atoms with Gasteiger partial charge in [-0.25, -0.2) is 0 Å². The Morgan fingerprint density at radius 2 is 1.48 bits per heavy atom. The van der Waals surface area contributed by atoms with Crippen molar-refractivity contribution in [3.8, 4) is 0 Å². The molecule has 0 bridgehead atoms. The van der Waals surface area contributed by atoms with Crippen LogP contribution in [0.25, 0.3) is 0 Å². The van der Waals surface area contributed by atoms with Crippen LogP contribution in [0.4, 0.5) is 5.69 Å². The van der Waals surface area contributed by atoms with Crippen molar-refractivity contribution in [3.63, 3.8) is 0 Å². The summed E-state index contributed by atoms with van der Waals surface area (Å²) < 4.78 is 0. The van der Waals surface area contributed by atoms with Crippen LogP contribution in [0.5, 0.6) is 0 Å². The van der Waals surface area contributed by atoms with E-state index in [1.807, 2.05) is 23.1 Å². The van der Waals surface area contributed by atoms with Crippen molar-refractivity contribution < 1.29 is 9.59 Å². The Balaban J connectivity index is 1.44. The lowest BCUT2D eigenvalue weighted by Crippen LogP contribution is -2.47. The van der Waals surface area contributed by atoms with Crippen LogP contribution in [0.1, 0.15) is 51.4 Å². The zero-order chi connectivity index (χ0) is 17.2. The van der Waals surface area contributed by atoms with Crippen LogP contribution in [-0.4, -0.2) is 35.8 Å². The van der Waals surface area contributed by atoms with E-state index in [1.165, 1.54) is 12.8 Å². The van der Waals surface area contributed by atoms with Gasteiger partial charge in [0.2, 0.25) is 11.8 Å². The maximum atomic E-state index is 13.3. The fourth-order valence-corrected chi connectivity index (χ4v) is 4.40. The standard InChI is InChI=1S/C21H28N2O2/c24-20(16-10-11-16)22-14-12-17(13-15-22)21(25)23(19-8-4-5-9-19)18-6-2-1-3-7-18/h1-3,6-7,16-17,19H,4-5,8-15H2. The van der Waals surface area contributed by atoms with E-state index >= 15 is 0 Å². The summed E-state index contributed by atoms with van der Waals surface area (Å²) in [4.78, 5) is 29.6. The molecule has 2 aliphatic carbocycles. The highest BCUT2D eigenvalue weighted by Gasteiger charge is 2.38. The molecule has 0 spiro atoms. The summed E-state index contributed by atoms with van der Waals surface area (Å²) in [6.45, 7) is 1.50. The fourth-order valence-electron chi connectivity index (χ4n) is 4.40. The zero-order valence-corrected chi connectivity index (χ0v) is 14.9. The van der Waals surface area contributed by atoms with Gasteiger partial charge in [-0.15, -0.1) is 0 Å². The van der Waals surface area contributed by atoms with Crippen molar-refractivity contribution in [2.45, 2.75) is 57.4 Å². The van der Waals surface area contributed by atoms with Crippen LogP contribution in [-0.2, 0) is 9.59 Å². The number of amides is 2. The summed E-state index contributed by atoms with van der Waals surface area (Å²) in [7, 11) is 0. The minimum atomic E-state index is 0.0593. The van der Waals surface area contributed by atoms with Gasteiger partial charge in [0.25, 0.3) is 0 Å². The molecule has 2 saturated carbocycles. The molecule has 1 aliphatic heterocycles. The van der Waals surface area contributed by atoms with Crippen LogP contribution < -0.4 is 4.90 Å². The summed E-state index contributed by atoms with van der Waals surface area (Å²) in [5.74, 6) is 0.939. The number of carbonyl (C=O) groups is 2. The maximum Gasteiger partial charge on any atom is 0.230 e. The summed E-state index contributed by atoms with van der Waals surface area (Å²) in [5.41, 5.74) is 1.04. The van der Waals surface area contributed by atoms with Gasteiger partial charge in [0.15, 0.2) is 0 Å². The first-order chi connectivity index (χ1) is 12.2. The minimum Gasteiger partial charge on any atom is -0.342 e. The molecule has 1 aromatic carbocycles. The number of rotatable bonds is 4. The topological polar surface area (TPSA) is 40.6 Å². The summed E-state index contributed by atoms with van der Waals surface area (Å²) in [6.07, 6.45) is 8.40. The van der Waals surface area contributed by atoms with E-state index in [0.717, 1.165) is 57.3 Å². The van der Waals surface area contributed by atoms with E-state index in [4.69, 9.17) is 0 Å². The third-order valence-electron chi connectivity index (χ3n) is 6.04. The van der Waals surface area contributed by atoms with E-state index < -0.39 is 0 Å². The molecule has 1 heterocycles. The van der Waals surface area contributed by atoms with Crippen molar-refractivity contribution in [1.82, 2.24) is 4.90 Å². The predicted octanol–water partition coefficient (Wildman–Crippen LogP) is 3.61. The number of benzene rings is 1. The highest BCUT2D eigenvalue weighted by molar-refractivity contribution is 5.96. The third kappa shape index (κ3) is 3.58. The number of carbonyl (C=O) groups excluding carboxylic acids is 2. The number of likely N-dealkylation sites (tertiary alicyclic amines) is 1. The smallest absolute Gasteiger partial charge is 0.230 e. The van der Waals surface area contributed by atoms with Crippen LogP contribution in [0.3, 0.4) is 0 Å². The van der Waals surface area contributed by atoms with E-state index in [-0.39, 0.29) is 17.7 Å². The number of nitrogens with zero attached hydrogens (tertiary/aromatic N) is 2. The van der Waals surface area contributed by atoms with Crippen LogP contribution in [0.15, 0.2) is 30.3 Å². The van der Waals surface area contributed by atoms with Crippen molar-refractivity contribution in [2.24, 2.45) is 11.8 Å². The summed E-state index contributed by atoms with van der Waals surface area (Å²) in [6, 6.07) is 10.5. The average molecular weight is 340 g/mol. The molecule has 1 aromatic rings. The van der Waals surface area contributed by atoms with Crippen molar-refractivity contribution in [3.05, 3.63) is 30.3 Å². The van der Waals surface area contributed by atoms with E-state index in [1.54, 1.807) is 0 Å². The van der Waals surface area contributed by atoms with Crippen LogP contribution in [0, 0.1) is 11.8 Å². The van der Waals surface area contributed by atoms with Crippen molar-refractivity contribution in [1.29, 1.82) is 0 Å². The van der Waals surface area contributed by atoms with Crippen LogP contribution >= 0.6 is 0 Å². The molecular weight excluding hydrogens is 312 g/mol. The van der Waals surface area contributed by atoms with Crippen molar-refractivity contribution in [2.75, 3.05) is 18.0 Å². The Kier molecular flexibility index (Phi) is 4.78. The number of hydrogen-bond acceptors (Lipinski definition) is 2. The fraction of sp³-hybridized carbons (Fsp3) is 0.619. The predicted molar refractivity (Wildman–Crippen MR) is 98.2 cm³/mol. The highest BCUT2D eigenvalue weighted by Crippen LogP contribution is 2.34. The average Bonchev–Trinajstić information content (AvgIpc) is 3.38. The number of anilines is 1. The molecule has 4 heteroatoms. The Hall–Kier alpha value is -1.84. The Morgan fingerprint density at radius 3 is 2.08 bits per heavy atom. The second-order valence-electron chi connectivity index (χ2n) is 7.86.